The van der Waals surface area contributed by atoms with Gasteiger partial charge in [-0.15, -0.1) is 0 Å². The molecule has 0 unspecified atom stereocenters. The van der Waals surface area contributed by atoms with Gasteiger partial charge in [-0.3, -0.25) is 4.79 Å². The summed E-state index contributed by atoms with van der Waals surface area (Å²) in [5.74, 6) is 1.18. The van der Waals surface area contributed by atoms with E-state index in [9.17, 15) is 4.79 Å². The maximum Gasteiger partial charge on any atom is 0.244 e. The first-order valence-electron chi connectivity index (χ1n) is 6.57. The molecule has 0 fully saturated rings. The van der Waals surface area contributed by atoms with Crippen LogP contribution in [-0.4, -0.2) is 18.9 Å². The van der Waals surface area contributed by atoms with Gasteiger partial charge in [-0.25, -0.2) is 5.43 Å². The highest BCUT2D eigenvalue weighted by atomic mass is 16.7. The molecule has 0 spiro atoms. The molecule has 1 amide bonds. The Bertz CT molecular complexity index is 668. The Kier molecular flexibility index (Phi) is 3.82. The van der Waals surface area contributed by atoms with Crippen molar-refractivity contribution < 1.29 is 14.3 Å². The van der Waals surface area contributed by atoms with E-state index < -0.39 is 0 Å². The molecule has 5 nitrogen and oxygen atoms in total. The normalized spacial score (nSPS) is 12.6. The first-order valence-corrected chi connectivity index (χ1v) is 6.57. The molecule has 1 heterocycles. The minimum Gasteiger partial charge on any atom is -0.454 e. The van der Waals surface area contributed by atoms with Crippen LogP contribution in [0.5, 0.6) is 11.5 Å². The van der Waals surface area contributed by atoms with E-state index in [4.69, 9.17) is 9.47 Å². The average molecular weight is 282 g/mol. The summed E-state index contributed by atoms with van der Waals surface area (Å²) >= 11 is 0. The molecular formula is C16H14N2O3. The van der Waals surface area contributed by atoms with E-state index >= 15 is 0 Å². The molecule has 0 saturated heterocycles. The van der Waals surface area contributed by atoms with Gasteiger partial charge < -0.3 is 9.47 Å². The molecule has 0 aliphatic carbocycles. The summed E-state index contributed by atoms with van der Waals surface area (Å²) in [6, 6.07) is 15.0. The van der Waals surface area contributed by atoms with Crippen LogP contribution in [0.4, 0.5) is 0 Å². The van der Waals surface area contributed by atoms with Crippen molar-refractivity contribution in [3.8, 4) is 11.5 Å². The summed E-state index contributed by atoms with van der Waals surface area (Å²) in [5, 5.41) is 3.96. The van der Waals surface area contributed by atoms with Gasteiger partial charge in [0.15, 0.2) is 11.5 Å². The van der Waals surface area contributed by atoms with E-state index in [2.05, 4.69) is 10.5 Å². The Morgan fingerprint density at radius 3 is 2.86 bits per heavy atom. The third kappa shape index (κ3) is 3.20. The molecule has 21 heavy (non-hydrogen) atoms. The number of nitrogens with one attached hydrogen (secondary N) is 1. The van der Waals surface area contributed by atoms with Crippen LogP contribution in [0, 0.1) is 0 Å². The molecule has 5 heteroatoms. The van der Waals surface area contributed by atoms with Gasteiger partial charge in [-0.1, -0.05) is 36.4 Å². The summed E-state index contributed by atoms with van der Waals surface area (Å²) in [6.07, 6.45) is 1.85. The number of hydrogen-bond donors (Lipinski definition) is 1. The first-order chi connectivity index (χ1) is 10.3. The highest BCUT2D eigenvalue weighted by Crippen LogP contribution is 2.34. The molecule has 3 rings (SSSR count). The van der Waals surface area contributed by atoms with Crippen molar-refractivity contribution in [3.63, 3.8) is 0 Å². The first kappa shape index (κ1) is 13.2. The highest BCUT2D eigenvalue weighted by Gasteiger charge is 2.15. The standard InChI is InChI=1S/C16H14N2O3/c19-15(9-12-5-2-1-3-6-12)18-17-10-13-7-4-8-14-16(13)21-11-20-14/h1-8,10H,9,11H2,(H,18,19). The SMILES string of the molecule is O=C(Cc1ccccc1)NN=Cc1cccc2c1OCO2. The molecule has 0 saturated carbocycles. The molecule has 2 aromatic rings. The van der Waals surface area contributed by atoms with Crippen molar-refractivity contribution in [1.82, 2.24) is 5.43 Å². The van der Waals surface area contributed by atoms with E-state index in [1.165, 1.54) is 0 Å². The van der Waals surface area contributed by atoms with Crippen LogP contribution in [-0.2, 0) is 11.2 Å². The van der Waals surface area contributed by atoms with Gasteiger partial charge in [-0.2, -0.15) is 5.10 Å². The third-order valence-electron chi connectivity index (χ3n) is 3.03. The van der Waals surface area contributed by atoms with E-state index in [1.54, 1.807) is 6.21 Å². The molecule has 106 valence electrons. The van der Waals surface area contributed by atoms with Gasteiger partial charge in [0, 0.05) is 5.56 Å². The smallest absolute Gasteiger partial charge is 0.244 e. The van der Waals surface area contributed by atoms with Gasteiger partial charge in [0.2, 0.25) is 12.7 Å². The quantitative estimate of drug-likeness (QED) is 0.690. The zero-order chi connectivity index (χ0) is 14.5. The van der Waals surface area contributed by atoms with Crippen molar-refractivity contribution in [2.75, 3.05) is 6.79 Å². The van der Waals surface area contributed by atoms with Crippen molar-refractivity contribution in [1.29, 1.82) is 0 Å². The fourth-order valence-corrected chi connectivity index (χ4v) is 2.05. The predicted molar refractivity (Wildman–Crippen MR) is 78.4 cm³/mol. The van der Waals surface area contributed by atoms with Gasteiger partial charge in [-0.05, 0) is 17.7 Å². The highest BCUT2D eigenvalue weighted by molar-refractivity contribution is 5.87. The molecule has 0 radical (unpaired) electrons. The maximum atomic E-state index is 11.8. The Morgan fingerprint density at radius 2 is 2.00 bits per heavy atom. The maximum absolute atomic E-state index is 11.8. The van der Waals surface area contributed by atoms with E-state index in [-0.39, 0.29) is 12.7 Å². The second-order valence-electron chi connectivity index (χ2n) is 4.54. The van der Waals surface area contributed by atoms with Crippen molar-refractivity contribution in [2.24, 2.45) is 5.10 Å². The third-order valence-corrected chi connectivity index (χ3v) is 3.03. The zero-order valence-electron chi connectivity index (χ0n) is 11.3. The summed E-state index contributed by atoms with van der Waals surface area (Å²) in [7, 11) is 0. The Hall–Kier alpha value is -2.82. The van der Waals surface area contributed by atoms with Gasteiger partial charge in [0.25, 0.3) is 0 Å². The number of carbonyl (C=O) groups excluding carboxylic acids is 1. The van der Waals surface area contributed by atoms with Crippen LogP contribution in [0.2, 0.25) is 0 Å². The monoisotopic (exact) mass is 282 g/mol. The number of carbonyl (C=O) groups is 1. The van der Waals surface area contributed by atoms with Crippen LogP contribution >= 0.6 is 0 Å². The van der Waals surface area contributed by atoms with Crippen molar-refractivity contribution in [3.05, 3.63) is 59.7 Å². The predicted octanol–water partition coefficient (Wildman–Crippen LogP) is 2.11. The number of amides is 1. The average Bonchev–Trinajstić information content (AvgIpc) is 2.97. The molecule has 0 bridgehead atoms. The number of fused-ring (bicyclic) bond motifs is 1. The number of benzene rings is 2. The molecular weight excluding hydrogens is 268 g/mol. The molecule has 0 atom stereocenters. The lowest BCUT2D eigenvalue weighted by Crippen LogP contribution is -2.19. The van der Waals surface area contributed by atoms with Gasteiger partial charge in [0.05, 0.1) is 12.6 Å². The minimum atomic E-state index is -0.165. The number of para-hydroxylation sites is 1. The van der Waals surface area contributed by atoms with E-state index in [0.717, 1.165) is 11.1 Å². The fraction of sp³-hybridized carbons (Fsp3) is 0.125. The molecule has 0 aromatic heterocycles. The lowest BCUT2D eigenvalue weighted by Gasteiger charge is -2.01. The van der Waals surface area contributed by atoms with Gasteiger partial charge in [0.1, 0.15) is 0 Å². The molecule has 1 aliphatic rings. The fourth-order valence-electron chi connectivity index (χ4n) is 2.05. The van der Waals surface area contributed by atoms with E-state index in [0.29, 0.717) is 17.9 Å². The Morgan fingerprint density at radius 1 is 1.14 bits per heavy atom. The zero-order valence-corrected chi connectivity index (χ0v) is 11.3. The Balaban J connectivity index is 1.60. The number of nitrogens with zero attached hydrogens (tertiary/aromatic N) is 1. The summed E-state index contributed by atoms with van der Waals surface area (Å²) in [5.41, 5.74) is 4.22. The van der Waals surface area contributed by atoms with Crippen LogP contribution in [0.3, 0.4) is 0 Å². The van der Waals surface area contributed by atoms with Crippen molar-refractivity contribution in [2.45, 2.75) is 6.42 Å². The number of rotatable bonds is 4. The van der Waals surface area contributed by atoms with Crippen molar-refractivity contribution >= 4 is 12.1 Å². The summed E-state index contributed by atoms with van der Waals surface area (Å²) in [4.78, 5) is 11.8. The Labute approximate surface area is 122 Å². The van der Waals surface area contributed by atoms with Crippen LogP contribution < -0.4 is 14.9 Å². The molecule has 1 N–H and O–H groups in total. The second kappa shape index (κ2) is 6.09. The molecule has 2 aromatic carbocycles. The topological polar surface area (TPSA) is 59.9 Å². The van der Waals surface area contributed by atoms with Gasteiger partial charge >= 0.3 is 0 Å². The second-order valence-corrected chi connectivity index (χ2v) is 4.54. The lowest BCUT2D eigenvalue weighted by atomic mass is 10.1. The largest absolute Gasteiger partial charge is 0.454 e. The van der Waals surface area contributed by atoms with E-state index in [1.807, 2.05) is 48.5 Å². The minimum absolute atomic E-state index is 0.165. The summed E-state index contributed by atoms with van der Waals surface area (Å²) < 4.78 is 10.6. The lowest BCUT2D eigenvalue weighted by molar-refractivity contribution is -0.120. The van der Waals surface area contributed by atoms with Crippen LogP contribution in [0.1, 0.15) is 11.1 Å². The molecule has 1 aliphatic heterocycles. The number of hydrogen-bond acceptors (Lipinski definition) is 4. The summed E-state index contributed by atoms with van der Waals surface area (Å²) in [6.45, 7) is 0.209. The number of hydrazone groups is 1. The van der Waals surface area contributed by atoms with Crippen LogP contribution in [0.25, 0.3) is 0 Å². The number of ether oxygens (including phenoxy) is 2. The van der Waals surface area contributed by atoms with Crippen LogP contribution in [0.15, 0.2) is 53.6 Å².